The number of fused-ring (bicyclic) bond motifs is 2. The molecule has 0 radical (unpaired) electrons. The first-order valence-electron chi connectivity index (χ1n) is 6.24. The van der Waals surface area contributed by atoms with Crippen molar-refractivity contribution in [3.05, 3.63) is 0 Å². The van der Waals surface area contributed by atoms with Crippen LogP contribution in [0.2, 0.25) is 0 Å². The van der Waals surface area contributed by atoms with Gasteiger partial charge in [-0.25, -0.2) is 0 Å². The van der Waals surface area contributed by atoms with Crippen molar-refractivity contribution in [2.45, 2.75) is 51.6 Å². The maximum Gasteiger partial charge on any atom is 0.236 e. The molecule has 0 aromatic heterocycles. The number of hydrogen-bond donors (Lipinski definition) is 2. The van der Waals surface area contributed by atoms with Gasteiger partial charge in [-0.3, -0.25) is 4.79 Å². The van der Waals surface area contributed by atoms with Gasteiger partial charge >= 0.3 is 0 Å². The summed E-state index contributed by atoms with van der Waals surface area (Å²) in [4.78, 5) is 11.6. The van der Waals surface area contributed by atoms with E-state index in [1.807, 2.05) is 13.8 Å². The largest absolute Gasteiger partial charge is 0.355 e. The van der Waals surface area contributed by atoms with E-state index in [1.165, 1.54) is 25.7 Å². The van der Waals surface area contributed by atoms with Gasteiger partial charge in [0.15, 0.2) is 0 Å². The summed E-state index contributed by atoms with van der Waals surface area (Å²) in [6, 6.07) is 0.565. The quantitative estimate of drug-likeness (QED) is 0.734. The maximum atomic E-state index is 11.6. The van der Waals surface area contributed by atoms with Crippen molar-refractivity contribution < 1.29 is 4.79 Å². The average Bonchev–Trinajstić information content (AvgIpc) is 2.79. The Morgan fingerprint density at radius 3 is 2.73 bits per heavy atom. The van der Waals surface area contributed by atoms with Gasteiger partial charge in [0.2, 0.25) is 5.91 Å². The minimum Gasteiger partial charge on any atom is -0.355 e. The normalized spacial score (nSPS) is 35.5. The van der Waals surface area contributed by atoms with Crippen LogP contribution in [0.5, 0.6) is 0 Å². The van der Waals surface area contributed by atoms with Gasteiger partial charge in [-0.05, 0) is 44.9 Å². The summed E-state index contributed by atoms with van der Waals surface area (Å²) in [5.74, 6) is 1.92. The lowest BCUT2D eigenvalue weighted by Gasteiger charge is -2.26. The Kier molecular flexibility index (Phi) is 3.29. The van der Waals surface area contributed by atoms with Crippen molar-refractivity contribution in [3.8, 4) is 0 Å². The van der Waals surface area contributed by atoms with Crippen LogP contribution in [0.1, 0.15) is 39.5 Å². The van der Waals surface area contributed by atoms with E-state index < -0.39 is 0 Å². The molecule has 0 heterocycles. The standard InChI is InChI=1S/C12H22N2O/c1-3-13-12(15)8(2)14-11-7-9-4-5-10(11)6-9/h8-11,14H,3-7H2,1-2H3,(H,13,15). The van der Waals surface area contributed by atoms with Gasteiger partial charge in [-0.2, -0.15) is 0 Å². The monoisotopic (exact) mass is 210 g/mol. The molecule has 2 aliphatic rings. The van der Waals surface area contributed by atoms with Crippen molar-refractivity contribution in [3.63, 3.8) is 0 Å². The summed E-state index contributed by atoms with van der Waals surface area (Å²) in [5, 5.41) is 6.34. The predicted molar refractivity (Wildman–Crippen MR) is 60.5 cm³/mol. The molecule has 4 unspecified atom stereocenters. The van der Waals surface area contributed by atoms with E-state index >= 15 is 0 Å². The van der Waals surface area contributed by atoms with E-state index in [0.717, 1.165) is 18.4 Å². The Morgan fingerprint density at radius 2 is 2.20 bits per heavy atom. The van der Waals surface area contributed by atoms with E-state index in [9.17, 15) is 4.79 Å². The lowest BCUT2D eigenvalue weighted by Crippen LogP contribution is -2.48. The van der Waals surface area contributed by atoms with Gasteiger partial charge in [0.25, 0.3) is 0 Å². The SMILES string of the molecule is CCNC(=O)C(C)NC1CC2CCC1C2. The summed E-state index contributed by atoms with van der Waals surface area (Å²) in [6.45, 7) is 4.65. The molecule has 2 N–H and O–H groups in total. The van der Waals surface area contributed by atoms with Crippen LogP contribution in [0, 0.1) is 11.8 Å². The fraction of sp³-hybridized carbons (Fsp3) is 0.917. The highest BCUT2D eigenvalue weighted by Gasteiger charge is 2.40. The Labute approximate surface area is 92.0 Å². The molecule has 2 saturated carbocycles. The molecule has 0 spiro atoms. The number of amides is 1. The van der Waals surface area contributed by atoms with Gasteiger partial charge in [-0.15, -0.1) is 0 Å². The third kappa shape index (κ3) is 2.33. The van der Waals surface area contributed by atoms with Crippen LogP contribution in [-0.4, -0.2) is 24.5 Å². The number of carbonyl (C=O) groups is 1. The molecule has 0 aromatic rings. The fourth-order valence-electron chi connectivity index (χ4n) is 3.17. The number of carbonyl (C=O) groups excluding carboxylic acids is 1. The molecule has 0 aromatic carbocycles. The van der Waals surface area contributed by atoms with Crippen LogP contribution >= 0.6 is 0 Å². The summed E-state index contributed by atoms with van der Waals surface area (Å²) in [5.41, 5.74) is 0. The first-order chi connectivity index (χ1) is 7.20. The van der Waals surface area contributed by atoms with Crippen molar-refractivity contribution >= 4 is 5.91 Å². The second kappa shape index (κ2) is 4.52. The van der Waals surface area contributed by atoms with Crippen LogP contribution in [0.25, 0.3) is 0 Å². The molecule has 4 atom stereocenters. The van der Waals surface area contributed by atoms with E-state index in [-0.39, 0.29) is 11.9 Å². The molecular weight excluding hydrogens is 188 g/mol. The van der Waals surface area contributed by atoms with Gasteiger partial charge in [0.1, 0.15) is 0 Å². The van der Waals surface area contributed by atoms with Gasteiger partial charge in [-0.1, -0.05) is 6.42 Å². The molecule has 0 saturated heterocycles. The molecule has 15 heavy (non-hydrogen) atoms. The highest BCUT2D eigenvalue weighted by molar-refractivity contribution is 5.81. The molecule has 1 amide bonds. The van der Waals surface area contributed by atoms with Crippen molar-refractivity contribution in [1.29, 1.82) is 0 Å². The van der Waals surface area contributed by atoms with E-state index in [1.54, 1.807) is 0 Å². The second-order valence-electron chi connectivity index (χ2n) is 5.06. The minimum atomic E-state index is -0.0331. The first kappa shape index (κ1) is 10.9. The number of hydrogen-bond acceptors (Lipinski definition) is 2. The highest BCUT2D eigenvalue weighted by atomic mass is 16.2. The maximum absolute atomic E-state index is 11.6. The lowest BCUT2D eigenvalue weighted by molar-refractivity contribution is -0.122. The average molecular weight is 210 g/mol. The molecule has 3 heteroatoms. The van der Waals surface area contributed by atoms with Crippen LogP contribution < -0.4 is 10.6 Å². The number of likely N-dealkylation sites (N-methyl/N-ethyl adjacent to an activating group) is 1. The Balaban J connectivity index is 1.79. The Bertz CT molecular complexity index is 242. The van der Waals surface area contributed by atoms with E-state index in [0.29, 0.717) is 6.04 Å². The Hall–Kier alpha value is -0.570. The minimum absolute atomic E-state index is 0.0331. The summed E-state index contributed by atoms with van der Waals surface area (Å²) < 4.78 is 0. The van der Waals surface area contributed by atoms with Gasteiger partial charge in [0, 0.05) is 12.6 Å². The summed E-state index contributed by atoms with van der Waals surface area (Å²) >= 11 is 0. The first-order valence-corrected chi connectivity index (χ1v) is 6.24. The third-order valence-electron chi connectivity index (χ3n) is 3.95. The second-order valence-corrected chi connectivity index (χ2v) is 5.06. The Morgan fingerprint density at radius 1 is 1.40 bits per heavy atom. The van der Waals surface area contributed by atoms with Crippen molar-refractivity contribution in [2.24, 2.45) is 11.8 Å². The molecule has 2 rings (SSSR count). The topological polar surface area (TPSA) is 41.1 Å². The molecule has 0 aliphatic heterocycles. The summed E-state index contributed by atoms with van der Waals surface area (Å²) in [7, 11) is 0. The number of rotatable bonds is 4. The van der Waals surface area contributed by atoms with Gasteiger partial charge in [0.05, 0.1) is 6.04 Å². The molecule has 2 fully saturated rings. The smallest absolute Gasteiger partial charge is 0.236 e. The molecule has 2 aliphatic carbocycles. The predicted octanol–water partition coefficient (Wildman–Crippen LogP) is 1.29. The zero-order valence-corrected chi connectivity index (χ0v) is 9.75. The highest BCUT2D eigenvalue weighted by Crippen LogP contribution is 2.44. The lowest BCUT2D eigenvalue weighted by atomic mass is 9.95. The fourth-order valence-corrected chi connectivity index (χ4v) is 3.17. The molecule has 2 bridgehead atoms. The van der Waals surface area contributed by atoms with E-state index in [2.05, 4.69) is 10.6 Å². The van der Waals surface area contributed by atoms with Crippen LogP contribution in [-0.2, 0) is 4.79 Å². The zero-order valence-electron chi connectivity index (χ0n) is 9.75. The van der Waals surface area contributed by atoms with E-state index in [4.69, 9.17) is 0 Å². The molecular formula is C12H22N2O. The van der Waals surface area contributed by atoms with Crippen LogP contribution in [0.3, 0.4) is 0 Å². The van der Waals surface area contributed by atoms with Crippen LogP contribution in [0.15, 0.2) is 0 Å². The molecule has 3 nitrogen and oxygen atoms in total. The number of nitrogens with one attached hydrogen (secondary N) is 2. The third-order valence-corrected chi connectivity index (χ3v) is 3.95. The van der Waals surface area contributed by atoms with Crippen molar-refractivity contribution in [1.82, 2.24) is 10.6 Å². The van der Waals surface area contributed by atoms with Gasteiger partial charge < -0.3 is 10.6 Å². The summed E-state index contributed by atoms with van der Waals surface area (Å²) in [6.07, 6.45) is 5.46. The molecule has 86 valence electrons. The van der Waals surface area contributed by atoms with Crippen LogP contribution in [0.4, 0.5) is 0 Å². The zero-order chi connectivity index (χ0) is 10.8. The van der Waals surface area contributed by atoms with Crippen molar-refractivity contribution in [2.75, 3.05) is 6.54 Å².